The molecule has 0 aromatic heterocycles. The first-order valence-corrected chi connectivity index (χ1v) is 7.36. The van der Waals surface area contributed by atoms with Crippen LogP contribution in [0.5, 0.6) is 0 Å². The molecule has 0 atom stereocenters. The molecule has 0 spiro atoms. The fourth-order valence-corrected chi connectivity index (χ4v) is 2.84. The molecule has 0 radical (unpaired) electrons. The standard InChI is InChI=1S/C11H21NO2S/c1-10(2)4-5-11(3)12-6-8-15(13,14)9-7-12/h10H,3-9H2,1-2H3. The zero-order valence-electron chi connectivity index (χ0n) is 9.70. The lowest BCUT2D eigenvalue weighted by molar-refractivity contribution is 0.349. The highest BCUT2D eigenvalue weighted by Gasteiger charge is 2.21. The van der Waals surface area contributed by atoms with Crippen LogP contribution < -0.4 is 0 Å². The van der Waals surface area contributed by atoms with Crippen molar-refractivity contribution in [2.24, 2.45) is 5.92 Å². The molecule has 1 saturated heterocycles. The minimum Gasteiger partial charge on any atom is -0.373 e. The van der Waals surface area contributed by atoms with Crippen LogP contribution in [0.4, 0.5) is 0 Å². The zero-order chi connectivity index (χ0) is 11.5. The summed E-state index contributed by atoms with van der Waals surface area (Å²) < 4.78 is 22.5. The first-order chi connectivity index (χ1) is 6.91. The van der Waals surface area contributed by atoms with E-state index in [9.17, 15) is 8.42 Å². The fourth-order valence-electron chi connectivity index (χ4n) is 1.64. The van der Waals surface area contributed by atoms with Gasteiger partial charge >= 0.3 is 0 Å². The van der Waals surface area contributed by atoms with Gasteiger partial charge in [-0.2, -0.15) is 0 Å². The third-order valence-corrected chi connectivity index (χ3v) is 4.41. The second-order valence-electron chi connectivity index (χ2n) is 4.64. The second kappa shape index (κ2) is 5.01. The van der Waals surface area contributed by atoms with Crippen LogP contribution in [0, 0.1) is 5.92 Å². The minimum absolute atomic E-state index is 0.285. The Kier molecular flexibility index (Phi) is 4.20. The van der Waals surface area contributed by atoms with Gasteiger partial charge < -0.3 is 4.90 Å². The lowest BCUT2D eigenvalue weighted by Gasteiger charge is -2.30. The first-order valence-electron chi connectivity index (χ1n) is 5.54. The predicted molar refractivity (Wildman–Crippen MR) is 63.4 cm³/mol. The van der Waals surface area contributed by atoms with E-state index >= 15 is 0 Å². The number of sulfone groups is 1. The van der Waals surface area contributed by atoms with Gasteiger partial charge in [0.2, 0.25) is 0 Å². The highest BCUT2D eigenvalue weighted by molar-refractivity contribution is 7.91. The van der Waals surface area contributed by atoms with Crippen LogP contribution in [0.15, 0.2) is 12.3 Å². The van der Waals surface area contributed by atoms with Crippen molar-refractivity contribution in [2.75, 3.05) is 24.6 Å². The third-order valence-electron chi connectivity index (χ3n) is 2.80. The van der Waals surface area contributed by atoms with Crippen LogP contribution >= 0.6 is 0 Å². The molecular weight excluding hydrogens is 210 g/mol. The average Bonchev–Trinajstić information content (AvgIpc) is 2.14. The Morgan fingerprint density at radius 1 is 1.33 bits per heavy atom. The Morgan fingerprint density at radius 3 is 2.33 bits per heavy atom. The maximum Gasteiger partial charge on any atom is 0.153 e. The molecule has 0 amide bonds. The van der Waals surface area contributed by atoms with Gasteiger partial charge in [0, 0.05) is 18.8 Å². The van der Waals surface area contributed by atoms with Gasteiger partial charge in [-0.15, -0.1) is 0 Å². The fraction of sp³-hybridized carbons (Fsp3) is 0.818. The molecule has 3 nitrogen and oxygen atoms in total. The van der Waals surface area contributed by atoms with E-state index in [-0.39, 0.29) is 11.5 Å². The van der Waals surface area contributed by atoms with E-state index in [1.807, 2.05) is 0 Å². The molecule has 1 heterocycles. The molecule has 0 aliphatic carbocycles. The van der Waals surface area contributed by atoms with E-state index in [2.05, 4.69) is 25.3 Å². The van der Waals surface area contributed by atoms with Crippen LogP contribution in [0.2, 0.25) is 0 Å². The van der Waals surface area contributed by atoms with Crippen molar-refractivity contribution >= 4 is 9.84 Å². The topological polar surface area (TPSA) is 37.4 Å². The van der Waals surface area contributed by atoms with E-state index in [0.717, 1.165) is 18.5 Å². The van der Waals surface area contributed by atoms with Gasteiger partial charge in [0.25, 0.3) is 0 Å². The molecule has 88 valence electrons. The zero-order valence-corrected chi connectivity index (χ0v) is 10.5. The van der Waals surface area contributed by atoms with E-state index in [1.165, 1.54) is 0 Å². The third kappa shape index (κ3) is 4.24. The van der Waals surface area contributed by atoms with Crippen molar-refractivity contribution in [3.63, 3.8) is 0 Å². The first kappa shape index (κ1) is 12.6. The van der Waals surface area contributed by atoms with Crippen molar-refractivity contribution in [1.82, 2.24) is 4.90 Å². The Morgan fingerprint density at radius 2 is 1.87 bits per heavy atom. The lowest BCUT2D eigenvalue weighted by Crippen LogP contribution is -2.39. The number of hydrogen-bond donors (Lipinski definition) is 0. The Labute approximate surface area is 93.1 Å². The molecule has 0 aromatic rings. The smallest absolute Gasteiger partial charge is 0.153 e. The van der Waals surface area contributed by atoms with Crippen molar-refractivity contribution in [2.45, 2.75) is 26.7 Å². The second-order valence-corrected chi connectivity index (χ2v) is 6.94. The normalized spacial score (nSPS) is 20.6. The molecule has 1 fully saturated rings. The summed E-state index contributed by atoms with van der Waals surface area (Å²) in [5.74, 6) is 1.25. The van der Waals surface area contributed by atoms with E-state index in [4.69, 9.17) is 0 Å². The van der Waals surface area contributed by atoms with Gasteiger partial charge in [-0.3, -0.25) is 0 Å². The SMILES string of the molecule is C=C(CCC(C)C)N1CCS(=O)(=O)CC1. The van der Waals surface area contributed by atoms with Crippen LogP contribution in [-0.4, -0.2) is 37.9 Å². The van der Waals surface area contributed by atoms with Crippen LogP contribution in [-0.2, 0) is 9.84 Å². The Balaban J connectivity index is 2.37. The summed E-state index contributed by atoms with van der Waals surface area (Å²) in [6, 6.07) is 0. The predicted octanol–water partition coefficient (Wildman–Crippen LogP) is 1.67. The molecule has 1 aliphatic heterocycles. The van der Waals surface area contributed by atoms with Gasteiger partial charge in [-0.05, 0) is 18.8 Å². The van der Waals surface area contributed by atoms with E-state index in [0.29, 0.717) is 19.0 Å². The molecule has 1 aliphatic rings. The van der Waals surface area contributed by atoms with Gasteiger partial charge in [0.1, 0.15) is 0 Å². The Bertz CT molecular complexity index is 305. The van der Waals surface area contributed by atoms with E-state index < -0.39 is 9.84 Å². The summed E-state index contributed by atoms with van der Waals surface area (Å²) in [5, 5.41) is 0. The molecule has 0 saturated carbocycles. The maximum atomic E-state index is 11.2. The average molecular weight is 231 g/mol. The highest BCUT2D eigenvalue weighted by atomic mass is 32.2. The number of rotatable bonds is 4. The molecule has 0 bridgehead atoms. The minimum atomic E-state index is -2.76. The van der Waals surface area contributed by atoms with E-state index in [1.54, 1.807) is 0 Å². The van der Waals surface area contributed by atoms with Gasteiger partial charge in [0.15, 0.2) is 9.84 Å². The van der Waals surface area contributed by atoms with Crippen molar-refractivity contribution in [1.29, 1.82) is 0 Å². The molecule has 0 aromatic carbocycles. The summed E-state index contributed by atoms with van der Waals surface area (Å²) >= 11 is 0. The summed E-state index contributed by atoms with van der Waals surface area (Å²) in [5.41, 5.74) is 1.10. The summed E-state index contributed by atoms with van der Waals surface area (Å²) in [4.78, 5) is 2.11. The number of allylic oxidation sites excluding steroid dienone is 1. The van der Waals surface area contributed by atoms with Crippen molar-refractivity contribution < 1.29 is 8.42 Å². The van der Waals surface area contributed by atoms with Crippen LogP contribution in [0.1, 0.15) is 26.7 Å². The van der Waals surface area contributed by atoms with Crippen molar-refractivity contribution in [3.05, 3.63) is 12.3 Å². The monoisotopic (exact) mass is 231 g/mol. The lowest BCUT2D eigenvalue weighted by atomic mass is 10.1. The number of hydrogen-bond acceptors (Lipinski definition) is 3. The summed E-state index contributed by atoms with van der Waals surface area (Å²) in [6.45, 7) is 9.65. The van der Waals surface area contributed by atoms with Crippen molar-refractivity contribution in [3.8, 4) is 0 Å². The highest BCUT2D eigenvalue weighted by Crippen LogP contribution is 2.16. The van der Waals surface area contributed by atoms with Crippen LogP contribution in [0.25, 0.3) is 0 Å². The molecular formula is C11H21NO2S. The maximum absolute atomic E-state index is 11.2. The summed E-state index contributed by atoms with van der Waals surface area (Å²) in [6.07, 6.45) is 2.11. The molecule has 4 heteroatoms. The quantitative estimate of drug-likeness (QED) is 0.738. The molecule has 0 unspecified atom stereocenters. The molecule has 1 rings (SSSR count). The van der Waals surface area contributed by atoms with Crippen LogP contribution in [0.3, 0.4) is 0 Å². The number of nitrogens with zero attached hydrogens (tertiary/aromatic N) is 1. The Hall–Kier alpha value is -0.510. The molecule has 0 N–H and O–H groups in total. The summed E-state index contributed by atoms with van der Waals surface area (Å²) in [7, 11) is -2.76. The van der Waals surface area contributed by atoms with Gasteiger partial charge in [0.05, 0.1) is 11.5 Å². The van der Waals surface area contributed by atoms with Gasteiger partial charge in [-0.25, -0.2) is 8.42 Å². The molecule has 15 heavy (non-hydrogen) atoms. The largest absolute Gasteiger partial charge is 0.373 e. The van der Waals surface area contributed by atoms with Gasteiger partial charge in [-0.1, -0.05) is 20.4 Å².